The highest BCUT2D eigenvalue weighted by Gasteiger charge is 2.16. The number of hydrogen-bond acceptors (Lipinski definition) is 4. The third-order valence-corrected chi connectivity index (χ3v) is 4.22. The molecule has 0 aliphatic carbocycles. The van der Waals surface area contributed by atoms with Crippen molar-refractivity contribution in [2.45, 2.75) is 39.7 Å². The number of anilines is 2. The summed E-state index contributed by atoms with van der Waals surface area (Å²) in [5.41, 5.74) is 0.602. The average molecular weight is 403 g/mol. The van der Waals surface area contributed by atoms with Crippen LogP contribution in [0.5, 0.6) is 17.2 Å². The van der Waals surface area contributed by atoms with Gasteiger partial charge in [-0.2, -0.15) is 0 Å². The lowest BCUT2D eigenvalue weighted by molar-refractivity contribution is -0.114. The Hall–Kier alpha value is -3.29. The summed E-state index contributed by atoms with van der Waals surface area (Å²) in [5.74, 6) is 0.0106. The van der Waals surface area contributed by atoms with Crippen molar-refractivity contribution in [3.63, 3.8) is 0 Å². The summed E-state index contributed by atoms with van der Waals surface area (Å²) >= 11 is 0. The Kier molecular flexibility index (Phi) is 7.82. The Morgan fingerprint density at radius 1 is 1.03 bits per heavy atom. The monoisotopic (exact) mass is 403 g/mol. The second-order valence-electron chi connectivity index (χ2n) is 6.40. The van der Waals surface area contributed by atoms with Gasteiger partial charge in [0.2, 0.25) is 5.91 Å². The molecule has 156 valence electrons. The molecule has 3 amide bonds. The number of amides is 3. The first-order valence-electron chi connectivity index (χ1n) is 9.36. The fourth-order valence-corrected chi connectivity index (χ4v) is 2.64. The average Bonchev–Trinajstić information content (AvgIpc) is 2.69. The first kappa shape index (κ1) is 22.0. The number of hydrogen-bond donors (Lipinski definition) is 3. The van der Waals surface area contributed by atoms with Crippen LogP contribution >= 0.6 is 0 Å². The number of halogens is 1. The van der Waals surface area contributed by atoms with Crippen molar-refractivity contribution < 1.29 is 23.5 Å². The predicted molar refractivity (Wildman–Crippen MR) is 110 cm³/mol. The van der Waals surface area contributed by atoms with Gasteiger partial charge in [0.1, 0.15) is 5.75 Å². The van der Waals surface area contributed by atoms with Gasteiger partial charge < -0.3 is 25.4 Å². The molecule has 0 heterocycles. The van der Waals surface area contributed by atoms with Gasteiger partial charge in [-0.25, -0.2) is 9.18 Å². The lowest BCUT2D eigenvalue weighted by Gasteiger charge is -2.17. The number of carbonyl (C=O) groups excluding carboxylic acids is 2. The summed E-state index contributed by atoms with van der Waals surface area (Å²) in [7, 11) is 1.42. The van der Waals surface area contributed by atoms with Crippen LogP contribution in [0.1, 0.15) is 33.6 Å². The molecule has 0 saturated heterocycles. The second-order valence-corrected chi connectivity index (χ2v) is 6.40. The van der Waals surface area contributed by atoms with Crippen molar-refractivity contribution in [1.29, 1.82) is 0 Å². The van der Waals surface area contributed by atoms with Gasteiger partial charge in [0.05, 0.1) is 12.8 Å². The molecular weight excluding hydrogens is 377 g/mol. The normalized spacial score (nSPS) is 10.4. The van der Waals surface area contributed by atoms with Crippen LogP contribution < -0.4 is 25.4 Å². The molecule has 0 saturated carbocycles. The number of carbonyl (C=O) groups is 2. The quantitative estimate of drug-likeness (QED) is 0.585. The Morgan fingerprint density at radius 2 is 1.69 bits per heavy atom. The molecule has 7 nitrogen and oxygen atoms in total. The van der Waals surface area contributed by atoms with Crippen molar-refractivity contribution in [3.8, 4) is 17.2 Å². The first-order chi connectivity index (χ1) is 13.9. The molecule has 2 rings (SSSR count). The highest BCUT2D eigenvalue weighted by atomic mass is 19.1. The van der Waals surface area contributed by atoms with Crippen molar-refractivity contribution in [1.82, 2.24) is 5.32 Å². The lowest BCUT2D eigenvalue weighted by atomic mass is 10.2. The van der Waals surface area contributed by atoms with E-state index in [9.17, 15) is 14.0 Å². The van der Waals surface area contributed by atoms with E-state index in [1.165, 1.54) is 20.1 Å². The molecule has 0 spiro atoms. The minimum atomic E-state index is -0.657. The van der Waals surface area contributed by atoms with Crippen LogP contribution in [0.25, 0.3) is 0 Å². The van der Waals surface area contributed by atoms with Crippen molar-refractivity contribution in [2.75, 3.05) is 17.7 Å². The molecule has 0 aromatic heterocycles. The topological polar surface area (TPSA) is 88.7 Å². The van der Waals surface area contributed by atoms with Gasteiger partial charge in [-0.05, 0) is 37.1 Å². The Morgan fingerprint density at radius 3 is 2.24 bits per heavy atom. The Bertz CT molecular complexity index is 852. The zero-order valence-corrected chi connectivity index (χ0v) is 17.0. The van der Waals surface area contributed by atoms with Crippen LogP contribution in [0.15, 0.2) is 36.4 Å². The fourth-order valence-electron chi connectivity index (χ4n) is 2.64. The summed E-state index contributed by atoms with van der Waals surface area (Å²) in [6.45, 7) is 5.35. The van der Waals surface area contributed by atoms with Crippen LogP contribution in [0.3, 0.4) is 0 Å². The van der Waals surface area contributed by atoms with Crippen LogP contribution in [0.4, 0.5) is 20.6 Å². The minimum Gasteiger partial charge on any atom is -0.493 e. The molecule has 0 bridgehead atoms. The Labute approximate surface area is 169 Å². The molecule has 0 atom stereocenters. The largest absolute Gasteiger partial charge is 0.493 e. The van der Waals surface area contributed by atoms with E-state index in [1.807, 2.05) is 13.8 Å². The first-order valence-corrected chi connectivity index (χ1v) is 9.36. The van der Waals surface area contributed by atoms with Gasteiger partial charge in [-0.1, -0.05) is 13.8 Å². The summed E-state index contributed by atoms with van der Waals surface area (Å²) in [6.07, 6.45) is 1.56. The molecule has 8 heteroatoms. The number of methoxy groups -OCH3 is 1. The van der Waals surface area contributed by atoms with Gasteiger partial charge in [0.15, 0.2) is 17.3 Å². The molecule has 3 N–H and O–H groups in total. The SMILES string of the molecule is CCC(CC)NC(=O)Nc1cc(OC)c(Oc2ccc(NC(C)=O)cc2)cc1F. The zero-order chi connectivity index (χ0) is 21.4. The van der Waals surface area contributed by atoms with Crippen LogP contribution in [0, 0.1) is 5.82 Å². The number of urea groups is 1. The van der Waals surface area contributed by atoms with E-state index in [4.69, 9.17) is 9.47 Å². The van der Waals surface area contributed by atoms with Crippen LogP contribution in [0.2, 0.25) is 0 Å². The third-order valence-electron chi connectivity index (χ3n) is 4.22. The molecule has 2 aromatic rings. The standard InChI is InChI=1S/C21H26FN3O4/c1-5-14(6-2)24-21(27)25-18-12-19(28-4)20(11-17(18)22)29-16-9-7-15(8-10-16)23-13(3)26/h7-12,14H,5-6H2,1-4H3,(H,23,26)(H2,24,25,27). The lowest BCUT2D eigenvalue weighted by Crippen LogP contribution is -2.37. The maximum atomic E-state index is 14.5. The summed E-state index contributed by atoms with van der Waals surface area (Å²) < 4.78 is 25.5. The van der Waals surface area contributed by atoms with E-state index < -0.39 is 11.8 Å². The van der Waals surface area contributed by atoms with Crippen molar-refractivity contribution in [2.24, 2.45) is 0 Å². The maximum Gasteiger partial charge on any atom is 0.319 e. The summed E-state index contributed by atoms with van der Waals surface area (Å²) in [4.78, 5) is 23.2. The number of ether oxygens (including phenoxy) is 2. The van der Waals surface area contributed by atoms with E-state index in [2.05, 4.69) is 16.0 Å². The van der Waals surface area contributed by atoms with E-state index in [-0.39, 0.29) is 29.1 Å². The van der Waals surface area contributed by atoms with Gasteiger partial charge in [0, 0.05) is 30.8 Å². The zero-order valence-electron chi connectivity index (χ0n) is 17.0. The van der Waals surface area contributed by atoms with Crippen LogP contribution in [-0.4, -0.2) is 25.1 Å². The summed E-state index contributed by atoms with van der Waals surface area (Å²) in [5, 5.41) is 7.93. The Balaban J connectivity index is 2.15. The van der Waals surface area contributed by atoms with Gasteiger partial charge in [0.25, 0.3) is 0 Å². The molecular formula is C21H26FN3O4. The smallest absolute Gasteiger partial charge is 0.319 e. The van der Waals surface area contributed by atoms with Crippen molar-refractivity contribution >= 4 is 23.3 Å². The summed E-state index contributed by atoms with van der Waals surface area (Å²) in [6, 6.07) is 8.64. The number of nitrogens with one attached hydrogen (secondary N) is 3. The molecule has 2 aromatic carbocycles. The number of benzene rings is 2. The highest BCUT2D eigenvalue weighted by molar-refractivity contribution is 5.90. The highest BCUT2D eigenvalue weighted by Crippen LogP contribution is 2.36. The maximum absolute atomic E-state index is 14.5. The van der Waals surface area contributed by atoms with Gasteiger partial charge >= 0.3 is 6.03 Å². The molecule has 0 radical (unpaired) electrons. The van der Waals surface area contributed by atoms with E-state index in [0.29, 0.717) is 11.4 Å². The predicted octanol–water partition coefficient (Wildman–Crippen LogP) is 4.90. The van der Waals surface area contributed by atoms with E-state index in [0.717, 1.165) is 18.9 Å². The molecule has 29 heavy (non-hydrogen) atoms. The molecule has 0 aliphatic heterocycles. The van der Waals surface area contributed by atoms with Gasteiger partial charge in [-0.15, -0.1) is 0 Å². The van der Waals surface area contributed by atoms with Crippen LogP contribution in [-0.2, 0) is 4.79 Å². The third kappa shape index (κ3) is 6.38. The van der Waals surface area contributed by atoms with E-state index >= 15 is 0 Å². The number of rotatable bonds is 8. The van der Waals surface area contributed by atoms with Crippen molar-refractivity contribution in [3.05, 3.63) is 42.2 Å². The second kappa shape index (κ2) is 10.3. The molecule has 0 fully saturated rings. The fraction of sp³-hybridized carbons (Fsp3) is 0.333. The van der Waals surface area contributed by atoms with E-state index in [1.54, 1.807) is 24.3 Å². The minimum absolute atomic E-state index is 0.0151. The van der Waals surface area contributed by atoms with Gasteiger partial charge in [-0.3, -0.25) is 4.79 Å². The molecule has 0 unspecified atom stereocenters. The molecule has 0 aliphatic rings.